The van der Waals surface area contributed by atoms with Crippen molar-refractivity contribution in [2.45, 2.75) is 0 Å². The van der Waals surface area contributed by atoms with Crippen LogP contribution in [-0.2, 0) is 4.74 Å². The zero-order valence-corrected chi connectivity index (χ0v) is 15.1. The Labute approximate surface area is 149 Å². The molecule has 7 heteroatoms. The summed E-state index contributed by atoms with van der Waals surface area (Å²) in [5.41, 5.74) is 1.12. The van der Waals surface area contributed by atoms with E-state index in [1.165, 1.54) is 0 Å². The van der Waals surface area contributed by atoms with Crippen LogP contribution in [0.15, 0.2) is 24.3 Å². The summed E-state index contributed by atoms with van der Waals surface area (Å²) < 4.78 is 5.30. The van der Waals surface area contributed by atoms with E-state index < -0.39 is 0 Å². The van der Waals surface area contributed by atoms with Crippen LogP contribution in [0.3, 0.4) is 0 Å². The summed E-state index contributed by atoms with van der Waals surface area (Å²) in [6.07, 6.45) is 0. The van der Waals surface area contributed by atoms with Crippen molar-refractivity contribution in [2.24, 2.45) is 0 Å². The molecule has 0 aliphatic carbocycles. The van der Waals surface area contributed by atoms with Crippen molar-refractivity contribution in [1.29, 1.82) is 0 Å². The van der Waals surface area contributed by atoms with Crippen molar-refractivity contribution in [3.05, 3.63) is 35.4 Å². The second-order valence-electron chi connectivity index (χ2n) is 6.35. The number of hydrogen-bond acceptors (Lipinski definition) is 5. The maximum absolute atomic E-state index is 12.2. The van der Waals surface area contributed by atoms with Crippen LogP contribution >= 0.6 is 0 Å². The molecule has 138 valence electrons. The summed E-state index contributed by atoms with van der Waals surface area (Å²) in [5.74, 6) is -0.242. The van der Waals surface area contributed by atoms with E-state index in [-0.39, 0.29) is 11.8 Å². The van der Waals surface area contributed by atoms with Crippen LogP contribution in [0.4, 0.5) is 0 Å². The van der Waals surface area contributed by atoms with Crippen molar-refractivity contribution >= 4 is 11.8 Å². The van der Waals surface area contributed by atoms with E-state index in [2.05, 4.69) is 15.5 Å². The first-order valence-corrected chi connectivity index (χ1v) is 8.67. The van der Waals surface area contributed by atoms with Crippen molar-refractivity contribution in [2.75, 3.05) is 66.6 Å². The van der Waals surface area contributed by atoms with Gasteiger partial charge in [-0.2, -0.15) is 0 Å². The topological polar surface area (TPSA) is 73.9 Å². The normalized spacial score (nSPS) is 15.2. The van der Waals surface area contributed by atoms with Crippen LogP contribution in [-0.4, -0.2) is 88.2 Å². The summed E-state index contributed by atoms with van der Waals surface area (Å²) in [6, 6.07) is 6.74. The Morgan fingerprint density at radius 2 is 1.52 bits per heavy atom. The lowest BCUT2D eigenvalue weighted by molar-refractivity contribution is 0.0383. The van der Waals surface area contributed by atoms with Crippen molar-refractivity contribution in [1.82, 2.24) is 20.4 Å². The standard InChI is InChI=1S/C18H28N4O3/c1-21(2)9-7-19-17(23)15-3-5-16(6-4-15)18(24)20-8-10-22-11-13-25-14-12-22/h3-6H,7-14H2,1-2H3,(H,19,23)(H,20,24). The second-order valence-corrected chi connectivity index (χ2v) is 6.35. The molecule has 2 amide bonds. The molecule has 7 nitrogen and oxygen atoms in total. The quantitative estimate of drug-likeness (QED) is 0.694. The fraction of sp³-hybridized carbons (Fsp3) is 0.556. The zero-order valence-electron chi connectivity index (χ0n) is 15.1. The number of ether oxygens (including phenoxy) is 1. The first-order chi connectivity index (χ1) is 12.1. The monoisotopic (exact) mass is 348 g/mol. The fourth-order valence-corrected chi connectivity index (χ4v) is 2.52. The Bertz CT molecular complexity index is 554. The molecule has 2 rings (SSSR count). The number of rotatable bonds is 8. The van der Waals surface area contributed by atoms with Crippen LogP contribution < -0.4 is 10.6 Å². The van der Waals surface area contributed by atoms with Gasteiger partial charge in [0.1, 0.15) is 0 Å². The van der Waals surface area contributed by atoms with Gasteiger partial charge >= 0.3 is 0 Å². The van der Waals surface area contributed by atoms with Gasteiger partial charge in [0.2, 0.25) is 0 Å². The first kappa shape index (κ1) is 19.4. The highest BCUT2D eigenvalue weighted by atomic mass is 16.5. The highest BCUT2D eigenvalue weighted by molar-refractivity contribution is 5.97. The molecule has 0 saturated carbocycles. The van der Waals surface area contributed by atoms with Gasteiger partial charge in [0.25, 0.3) is 11.8 Å². The average molecular weight is 348 g/mol. The second kappa shape index (κ2) is 10.1. The van der Waals surface area contributed by atoms with Gasteiger partial charge in [0.05, 0.1) is 13.2 Å². The predicted molar refractivity (Wildman–Crippen MR) is 96.9 cm³/mol. The minimum Gasteiger partial charge on any atom is -0.379 e. The summed E-state index contributed by atoms with van der Waals surface area (Å²) in [7, 11) is 3.91. The Kier molecular flexibility index (Phi) is 7.84. The van der Waals surface area contributed by atoms with Crippen LogP contribution in [0.25, 0.3) is 0 Å². The van der Waals surface area contributed by atoms with Crippen molar-refractivity contribution in [3.8, 4) is 0 Å². The third kappa shape index (κ3) is 6.81. The van der Waals surface area contributed by atoms with E-state index >= 15 is 0 Å². The highest BCUT2D eigenvalue weighted by Crippen LogP contribution is 2.04. The number of hydrogen-bond donors (Lipinski definition) is 2. The Hall–Kier alpha value is -1.96. The Morgan fingerprint density at radius 1 is 1.00 bits per heavy atom. The Morgan fingerprint density at radius 3 is 2.04 bits per heavy atom. The molecule has 1 fully saturated rings. The molecule has 1 aliphatic heterocycles. The lowest BCUT2D eigenvalue weighted by Gasteiger charge is -2.26. The van der Waals surface area contributed by atoms with Gasteiger partial charge in [-0.3, -0.25) is 14.5 Å². The summed E-state index contributed by atoms with van der Waals surface area (Å²) in [5, 5.41) is 5.77. The van der Waals surface area contributed by atoms with Crippen LogP contribution in [0, 0.1) is 0 Å². The molecular formula is C18H28N4O3. The minimum absolute atomic E-state index is 0.118. The molecule has 1 aromatic carbocycles. The van der Waals surface area contributed by atoms with E-state index in [1.807, 2.05) is 19.0 Å². The Balaban J connectivity index is 1.74. The summed E-state index contributed by atoms with van der Waals surface area (Å²) in [4.78, 5) is 28.4. The molecule has 1 heterocycles. The average Bonchev–Trinajstić information content (AvgIpc) is 2.62. The number of carbonyl (C=O) groups is 2. The van der Waals surface area contributed by atoms with Gasteiger partial charge in [0.15, 0.2) is 0 Å². The minimum atomic E-state index is -0.124. The molecule has 0 aromatic heterocycles. The number of benzene rings is 1. The lowest BCUT2D eigenvalue weighted by Crippen LogP contribution is -2.41. The smallest absolute Gasteiger partial charge is 0.251 e. The van der Waals surface area contributed by atoms with E-state index in [0.29, 0.717) is 24.2 Å². The van der Waals surface area contributed by atoms with E-state index in [4.69, 9.17) is 4.74 Å². The van der Waals surface area contributed by atoms with Gasteiger partial charge in [-0.05, 0) is 38.4 Å². The lowest BCUT2D eigenvalue weighted by atomic mass is 10.1. The fourth-order valence-electron chi connectivity index (χ4n) is 2.52. The molecule has 0 atom stereocenters. The molecule has 1 aromatic rings. The molecule has 0 unspecified atom stereocenters. The molecule has 0 radical (unpaired) electrons. The van der Waals surface area contributed by atoms with Crippen LogP contribution in [0.2, 0.25) is 0 Å². The number of amides is 2. The largest absolute Gasteiger partial charge is 0.379 e. The molecule has 0 spiro atoms. The van der Waals surface area contributed by atoms with Gasteiger partial charge in [0, 0.05) is 50.4 Å². The number of likely N-dealkylation sites (N-methyl/N-ethyl adjacent to an activating group) is 1. The van der Waals surface area contributed by atoms with Gasteiger partial charge in [-0.25, -0.2) is 0 Å². The SMILES string of the molecule is CN(C)CCNC(=O)c1ccc(C(=O)NCCN2CCOCC2)cc1. The maximum Gasteiger partial charge on any atom is 0.251 e. The summed E-state index contributed by atoms with van der Waals surface area (Å²) >= 11 is 0. The third-order valence-corrected chi connectivity index (χ3v) is 4.07. The molecule has 1 saturated heterocycles. The van der Waals surface area contributed by atoms with Gasteiger partial charge < -0.3 is 20.3 Å². The summed E-state index contributed by atoms with van der Waals surface area (Å²) in [6.45, 7) is 6.14. The molecule has 25 heavy (non-hydrogen) atoms. The van der Waals surface area contributed by atoms with E-state index in [1.54, 1.807) is 24.3 Å². The highest BCUT2D eigenvalue weighted by Gasteiger charge is 2.11. The van der Waals surface area contributed by atoms with Crippen molar-refractivity contribution < 1.29 is 14.3 Å². The van der Waals surface area contributed by atoms with E-state index in [0.717, 1.165) is 39.4 Å². The molecule has 1 aliphatic rings. The number of nitrogens with one attached hydrogen (secondary N) is 2. The van der Waals surface area contributed by atoms with Crippen LogP contribution in [0.5, 0.6) is 0 Å². The zero-order chi connectivity index (χ0) is 18.1. The molecule has 2 N–H and O–H groups in total. The molecule has 0 bridgehead atoms. The third-order valence-electron chi connectivity index (χ3n) is 4.07. The number of nitrogens with zero attached hydrogens (tertiary/aromatic N) is 2. The molecular weight excluding hydrogens is 320 g/mol. The van der Waals surface area contributed by atoms with Crippen LogP contribution in [0.1, 0.15) is 20.7 Å². The number of carbonyl (C=O) groups excluding carboxylic acids is 2. The predicted octanol–water partition coefficient (Wildman–Crippen LogP) is 0.0400. The first-order valence-electron chi connectivity index (χ1n) is 8.67. The maximum atomic E-state index is 12.2. The van der Waals surface area contributed by atoms with Gasteiger partial charge in [-0.15, -0.1) is 0 Å². The van der Waals surface area contributed by atoms with Crippen molar-refractivity contribution in [3.63, 3.8) is 0 Å². The number of morpholine rings is 1. The van der Waals surface area contributed by atoms with Gasteiger partial charge in [-0.1, -0.05) is 0 Å². The van der Waals surface area contributed by atoms with E-state index in [9.17, 15) is 9.59 Å².